The van der Waals surface area contributed by atoms with Gasteiger partial charge in [-0.1, -0.05) is 35.5 Å². The van der Waals surface area contributed by atoms with Crippen LogP contribution >= 0.6 is 0 Å². The Hall–Kier alpha value is -2.14. The lowest BCUT2D eigenvalue weighted by atomic mass is 10.0. The quantitative estimate of drug-likeness (QED) is 0.870. The zero-order valence-electron chi connectivity index (χ0n) is 13.0. The van der Waals surface area contributed by atoms with E-state index in [0.29, 0.717) is 12.1 Å². The number of aromatic nitrogens is 1. The first kappa shape index (κ1) is 14.8. The van der Waals surface area contributed by atoms with E-state index in [2.05, 4.69) is 29.2 Å². The second-order valence-corrected chi connectivity index (χ2v) is 5.85. The number of rotatable bonds is 3. The third-order valence-corrected chi connectivity index (χ3v) is 4.19. The standard InChI is InChI=1S/C17H21N3O2/c1-13-10-15(18-22-13)11-17(21)20-9-8-19(2)16(12-20)14-6-4-3-5-7-14/h3-7,10,16H,8-9,11-12H2,1-2H3. The maximum Gasteiger partial charge on any atom is 0.228 e. The van der Waals surface area contributed by atoms with Gasteiger partial charge in [0.2, 0.25) is 5.91 Å². The van der Waals surface area contributed by atoms with Crippen molar-refractivity contribution in [1.82, 2.24) is 15.0 Å². The van der Waals surface area contributed by atoms with E-state index in [1.165, 1.54) is 5.56 Å². The molecule has 1 aliphatic heterocycles. The average molecular weight is 299 g/mol. The molecule has 1 atom stereocenters. The van der Waals surface area contributed by atoms with Crippen LogP contribution in [0, 0.1) is 6.92 Å². The number of hydrogen-bond donors (Lipinski definition) is 0. The molecule has 0 spiro atoms. The van der Waals surface area contributed by atoms with Gasteiger partial charge < -0.3 is 9.42 Å². The zero-order valence-corrected chi connectivity index (χ0v) is 13.0. The number of aryl methyl sites for hydroxylation is 1. The molecule has 5 nitrogen and oxygen atoms in total. The van der Waals surface area contributed by atoms with Crippen LogP contribution in [0.4, 0.5) is 0 Å². The number of benzene rings is 1. The lowest BCUT2D eigenvalue weighted by molar-refractivity contribution is -0.133. The summed E-state index contributed by atoms with van der Waals surface area (Å²) in [6.45, 7) is 4.19. The van der Waals surface area contributed by atoms with E-state index in [4.69, 9.17) is 4.52 Å². The molecule has 3 rings (SSSR count). The molecular weight excluding hydrogens is 278 g/mol. The predicted molar refractivity (Wildman–Crippen MR) is 83.3 cm³/mol. The smallest absolute Gasteiger partial charge is 0.228 e. The molecule has 1 aromatic carbocycles. The van der Waals surface area contributed by atoms with E-state index in [1.54, 1.807) is 0 Å². The summed E-state index contributed by atoms with van der Waals surface area (Å²) in [4.78, 5) is 16.7. The second-order valence-electron chi connectivity index (χ2n) is 5.85. The number of nitrogens with zero attached hydrogens (tertiary/aromatic N) is 3. The molecule has 1 saturated heterocycles. The highest BCUT2D eigenvalue weighted by Gasteiger charge is 2.28. The second kappa shape index (κ2) is 6.32. The Labute approximate surface area is 130 Å². The van der Waals surface area contributed by atoms with Gasteiger partial charge in [0.1, 0.15) is 5.76 Å². The minimum atomic E-state index is 0.113. The maximum atomic E-state index is 12.5. The molecule has 1 amide bonds. The van der Waals surface area contributed by atoms with Crippen LogP contribution in [0.15, 0.2) is 40.9 Å². The van der Waals surface area contributed by atoms with E-state index >= 15 is 0 Å². The third kappa shape index (κ3) is 3.20. The van der Waals surface area contributed by atoms with Crippen LogP contribution in [0.3, 0.4) is 0 Å². The molecular formula is C17H21N3O2. The third-order valence-electron chi connectivity index (χ3n) is 4.19. The highest BCUT2D eigenvalue weighted by molar-refractivity contribution is 5.78. The van der Waals surface area contributed by atoms with Crippen molar-refractivity contribution in [3.8, 4) is 0 Å². The Morgan fingerprint density at radius 1 is 1.32 bits per heavy atom. The summed E-state index contributed by atoms with van der Waals surface area (Å²) >= 11 is 0. The van der Waals surface area contributed by atoms with E-state index in [1.807, 2.05) is 36.1 Å². The van der Waals surface area contributed by atoms with Crippen molar-refractivity contribution in [3.05, 3.63) is 53.4 Å². The molecule has 1 unspecified atom stereocenters. The lowest BCUT2D eigenvalue weighted by Gasteiger charge is -2.39. The van der Waals surface area contributed by atoms with E-state index in [0.717, 1.165) is 25.4 Å². The Morgan fingerprint density at radius 2 is 2.09 bits per heavy atom. The van der Waals surface area contributed by atoms with Crippen LogP contribution < -0.4 is 0 Å². The van der Waals surface area contributed by atoms with Crippen molar-refractivity contribution in [2.75, 3.05) is 26.7 Å². The maximum absolute atomic E-state index is 12.5. The minimum absolute atomic E-state index is 0.113. The van der Waals surface area contributed by atoms with Gasteiger partial charge in [0.05, 0.1) is 18.2 Å². The first-order chi connectivity index (χ1) is 10.6. The Morgan fingerprint density at radius 3 is 2.77 bits per heavy atom. The number of amides is 1. The largest absolute Gasteiger partial charge is 0.361 e. The highest BCUT2D eigenvalue weighted by atomic mass is 16.5. The Bertz CT molecular complexity index is 638. The van der Waals surface area contributed by atoms with Gasteiger partial charge in [0.25, 0.3) is 0 Å². The van der Waals surface area contributed by atoms with Crippen LogP contribution in [0.25, 0.3) is 0 Å². The summed E-state index contributed by atoms with van der Waals surface area (Å²) in [5.41, 5.74) is 1.96. The fourth-order valence-electron chi connectivity index (χ4n) is 2.90. The summed E-state index contributed by atoms with van der Waals surface area (Å²) in [6, 6.07) is 12.4. The fraction of sp³-hybridized carbons (Fsp3) is 0.412. The van der Waals surface area contributed by atoms with Crippen LogP contribution in [-0.4, -0.2) is 47.5 Å². The van der Waals surface area contributed by atoms with Crippen molar-refractivity contribution in [3.63, 3.8) is 0 Å². The van der Waals surface area contributed by atoms with Gasteiger partial charge in [-0.25, -0.2) is 0 Å². The fourth-order valence-corrected chi connectivity index (χ4v) is 2.90. The van der Waals surface area contributed by atoms with Crippen molar-refractivity contribution in [2.24, 2.45) is 0 Å². The number of carbonyl (C=O) groups excluding carboxylic acids is 1. The number of piperazine rings is 1. The molecule has 1 aromatic heterocycles. The summed E-state index contributed by atoms with van der Waals surface area (Å²) < 4.78 is 5.03. The first-order valence-corrected chi connectivity index (χ1v) is 7.58. The molecule has 1 aliphatic rings. The SMILES string of the molecule is Cc1cc(CC(=O)N2CCN(C)C(c3ccccc3)C2)no1. The zero-order chi connectivity index (χ0) is 15.5. The van der Waals surface area contributed by atoms with Crippen LogP contribution in [0.2, 0.25) is 0 Å². The summed E-state index contributed by atoms with van der Waals surface area (Å²) in [5, 5.41) is 3.91. The molecule has 0 saturated carbocycles. The average Bonchev–Trinajstić information content (AvgIpc) is 2.93. The van der Waals surface area contributed by atoms with Gasteiger partial charge >= 0.3 is 0 Å². The molecule has 0 bridgehead atoms. The molecule has 116 valence electrons. The van der Waals surface area contributed by atoms with E-state index in [-0.39, 0.29) is 11.9 Å². The monoisotopic (exact) mass is 299 g/mol. The lowest BCUT2D eigenvalue weighted by Crippen LogP contribution is -2.49. The van der Waals surface area contributed by atoms with Gasteiger partial charge in [-0.3, -0.25) is 9.69 Å². The highest BCUT2D eigenvalue weighted by Crippen LogP contribution is 2.24. The summed E-state index contributed by atoms with van der Waals surface area (Å²) in [7, 11) is 2.11. The van der Waals surface area contributed by atoms with Gasteiger partial charge in [-0.05, 0) is 19.5 Å². The summed E-state index contributed by atoms with van der Waals surface area (Å²) in [6.07, 6.45) is 0.308. The molecule has 2 heterocycles. The molecule has 5 heteroatoms. The molecule has 0 radical (unpaired) electrons. The van der Waals surface area contributed by atoms with Crippen molar-refractivity contribution in [2.45, 2.75) is 19.4 Å². The van der Waals surface area contributed by atoms with E-state index in [9.17, 15) is 4.79 Å². The van der Waals surface area contributed by atoms with Gasteiger partial charge in [0, 0.05) is 25.7 Å². The van der Waals surface area contributed by atoms with Crippen LogP contribution in [-0.2, 0) is 11.2 Å². The van der Waals surface area contributed by atoms with Crippen molar-refractivity contribution < 1.29 is 9.32 Å². The topological polar surface area (TPSA) is 49.6 Å². The minimum Gasteiger partial charge on any atom is -0.361 e. The van der Waals surface area contributed by atoms with Crippen molar-refractivity contribution in [1.29, 1.82) is 0 Å². The normalized spacial score (nSPS) is 19.4. The predicted octanol–water partition coefficient (Wildman–Crippen LogP) is 2.04. The molecule has 0 aliphatic carbocycles. The molecule has 2 aromatic rings. The van der Waals surface area contributed by atoms with Gasteiger partial charge in [-0.15, -0.1) is 0 Å². The molecule has 1 fully saturated rings. The Balaban J connectivity index is 1.68. The van der Waals surface area contributed by atoms with E-state index < -0.39 is 0 Å². The molecule has 0 N–H and O–H groups in total. The number of hydrogen-bond acceptors (Lipinski definition) is 4. The van der Waals surface area contributed by atoms with Crippen molar-refractivity contribution >= 4 is 5.91 Å². The van der Waals surface area contributed by atoms with Gasteiger partial charge in [0.15, 0.2) is 0 Å². The van der Waals surface area contributed by atoms with Crippen LogP contribution in [0.1, 0.15) is 23.1 Å². The summed E-state index contributed by atoms with van der Waals surface area (Å²) in [5.74, 6) is 0.852. The number of likely N-dealkylation sites (N-methyl/N-ethyl adjacent to an activating group) is 1. The molecule has 22 heavy (non-hydrogen) atoms. The first-order valence-electron chi connectivity index (χ1n) is 7.58. The van der Waals surface area contributed by atoms with Crippen LogP contribution in [0.5, 0.6) is 0 Å². The Kier molecular flexibility index (Phi) is 4.24. The number of carbonyl (C=O) groups is 1. The van der Waals surface area contributed by atoms with Gasteiger partial charge in [-0.2, -0.15) is 0 Å².